The molecule has 1 aromatic heterocycles. The van der Waals surface area contributed by atoms with Crippen LogP contribution in [-0.2, 0) is 17.6 Å². The molecule has 2 aromatic rings. The van der Waals surface area contributed by atoms with Crippen molar-refractivity contribution in [2.75, 3.05) is 0 Å². The van der Waals surface area contributed by atoms with Crippen LogP contribution in [0.4, 0.5) is 4.39 Å². The van der Waals surface area contributed by atoms with Gasteiger partial charge in [0.25, 0.3) is 5.91 Å². The minimum Gasteiger partial charge on any atom is -0.481 e. The number of aliphatic carboxylic acids is 1. The van der Waals surface area contributed by atoms with E-state index in [0.717, 1.165) is 11.3 Å². The number of carboxylic acid groups (broad SMARTS) is 1. The SMILES string of the molecule is O=C(O)C1CCc2c(c3cc(F)ccc3n2C(=O)C2=CCC(Cl)C=C2)C1. The van der Waals surface area contributed by atoms with E-state index in [0.29, 0.717) is 42.2 Å². The van der Waals surface area contributed by atoms with Crippen molar-refractivity contribution in [2.45, 2.75) is 31.1 Å². The predicted octanol–water partition coefficient (Wildman–Crippen LogP) is 4.10. The van der Waals surface area contributed by atoms with Crippen molar-refractivity contribution >= 4 is 34.4 Å². The van der Waals surface area contributed by atoms with Crippen LogP contribution in [0.3, 0.4) is 0 Å². The Bertz CT molecular complexity index is 989. The fraction of sp³-hybridized carbons (Fsp3) is 0.300. The molecule has 0 aliphatic heterocycles. The van der Waals surface area contributed by atoms with Crippen LogP contribution in [0.25, 0.3) is 10.9 Å². The van der Waals surface area contributed by atoms with E-state index < -0.39 is 17.7 Å². The lowest BCUT2D eigenvalue weighted by atomic mass is 9.86. The summed E-state index contributed by atoms with van der Waals surface area (Å²) in [7, 11) is 0. The number of aromatic nitrogens is 1. The molecule has 0 saturated heterocycles. The van der Waals surface area contributed by atoms with E-state index in [-0.39, 0.29) is 11.3 Å². The Balaban J connectivity index is 1.87. The molecule has 134 valence electrons. The molecule has 0 fully saturated rings. The van der Waals surface area contributed by atoms with Gasteiger partial charge in [0.1, 0.15) is 5.82 Å². The molecule has 2 unspecified atom stereocenters. The fourth-order valence-electron chi connectivity index (χ4n) is 3.86. The number of benzene rings is 1. The number of hydrogen-bond acceptors (Lipinski definition) is 2. The summed E-state index contributed by atoms with van der Waals surface area (Å²) in [5.74, 6) is -1.95. The lowest BCUT2D eigenvalue weighted by Gasteiger charge is -2.21. The van der Waals surface area contributed by atoms with Gasteiger partial charge >= 0.3 is 5.97 Å². The molecule has 0 amide bonds. The highest BCUT2D eigenvalue weighted by Gasteiger charge is 2.31. The molecule has 4 nitrogen and oxygen atoms in total. The van der Waals surface area contributed by atoms with Crippen LogP contribution in [-0.4, -0.2) is 26.9 Å². The second kappa shape index (κ2) is 6.40. The smallest absolute Gasteiger partial charge is 0.306 e. The molecule has 0 saturated carbocycles. The maximum atomic E-state index is 13.8. The first-order valence-electron chi connectivity index (χ1n) is 8.57. The van der Waals surface area contributed by atoms with Crippen molar-refractivity contribution in [3.63, 3.8) is 0 Å². The molecule has 1 aromatic carbocycles. The minimum absolute atomic E-state index is 0.118. The maximum Gasteiger partial charge on any atom is 0.306 e. The van der Waals surface area contributed by atoms with Gasteiger partial charge in [0.15, 0.2) is 0 Å². The van der Waals surface area contributed by atoms with Crippen molar-refractivity contribution in [3.8, 4) is 0 Å². The Hall–Kier alpha value is -2.40. The summed E-state index contributed by atoms with van der Waals surface area (Å²) < 4.78 is 15.4. The van der Waals surface area contributed by atoms with Gasteiger partial charge in [-0.3, -0.25) is 14.2 Å². The van der Waals surface area contributed by atoms with Crippen LogP contribution in [0.2, 0.25) is 0 Å². The lowest BCUT2D eigenvalue weighted by Crippen LogP contribution is -2.25. The summed E-state index contributed by atoms with van der Waals surface area (Å²) in [6, 6.07) is 4.31. The first-order valence-corrected chi connectivity index (χ1v) is 9.01. The van der Waals surface area contributed by atoms with Crippen molar-refractivity contribution in [1.82, 2.24) is 4.57 Å². The third kappa shape index (κ3) is 2.76. The van der Waals surface area contributed by atoms with Gasteiger partial charge in [-0.05, 0) is 49.4 Å². The number of nitrogens with zero attached hydrogens (tertiary/aromatic N) is 1. The van der Waals surface area contributed by atoms with Gasteiger partial charge in [0.2, 0.25) is 0 Å². The number of rotatable bonds is 2. The number of halogens is 2. The molecule has 26 heavy (non-hydrogen) atoms. The van der Waals surface area contributed by atoms with Crippen molar-refractivity contribution < 1.29 is 19.1 Å². The highest BCUT2D eigenvalue weighted by atomic mass is 35.5. The second-order valence-corrected chi connectivity index (χ2v) is 7.34. The van der Waals surface area contributed by atoms with Crippen LogP contribution in [0.5, 0.6) is 0 Å². The fourth-order valence-corrected chi connectivity index (χ4v) is 4.02. The van der Waals surface area contributed by atoms with Gasteiger partial charge in [0.05, 0.1) is 16.8 Å². The molecule has 2 aliphatic carbocycles. The highest BCUT2D eigenvalue weighted by Crippen LogP contribution is 2.36. The van der Waals surface area contributed by atoms with Crippen LogP contribution < -0.4 is 0 Å². The Morgan fingerprint density at radius 2 is 2.12 bits per heavy atom. The Kier molecular flexibility index (Phi) is 4.19. The van der Waals surface area contributed by atoms with Gasteiger partial charge in [-0.1, -0.05) is 18.2 Å². The summed E-state index contributed by atoms with van der Waals surface area (Å²) in [6.45, 7) is 0. The normalized spacial score (nSPS) is 22.2. The van der Waals surface area contributed by atoms with E-state index in [2.05, 4.69) is 0 Å². The standard InChI is InChI=1S/C20H17ClFNO3/c21-13-4-1-11(2-5-13)19(24)23-17-7-3-12(20(25)26)9-15(17)16-10-14(22)6-8-18(16)23/h1-2,4,6,8,10,12-13H,3,5,7,9H2,(H,25,26). The molecular formula is C20H17ClFNO3. The first-order chi connectivity index (χ1) is 12.5. The topological polar surface area (TPSA) is 59.3 Å². The van der Waals surface area contributed by atoms with Gasteiger partial charge in [-0.15, -0.1) is 11.6 Å². The van der Waals surface area contributed by atoms with Crippen molar-refractivity contribution in [3.05, 3.63) is 59.1 Å². The van der Waals surface area contributed by atoms with Crippen molar-refractivity contribution in [1.29, 1.82) is 0 Å². The second-order valence-electron chi connectivity index (χ2n) is 6.78. The molecular weight excluding hydrogens is 357 g/mol. The summed E-state index contributed by atoms with van der Waals surface area (Å²) in [6.07, 6.45) is 7.14. The largest absolute Gasteiger partial charge is 0.481 e. The van der Waals surface area contributed by atoms with Gasteiger partial charge in [-0.2, -0.15) is 0 Å². The minimum atomic E-state index is -0.856. The van der Waals surface area contributed by atoms with Crippen molar-refractivity contribution in [2.24, 2.45) is 5.92 Å². The molecule has 1 N–H and O–H groups in total. The van der Waals surface area contributed by atoms with E-state index in [9.17, 15) is 19.1 Å². The van der Waals surface area contributed by atoms with E-state index in [1.165, 1.54) is 12.1 Å². The van der Waals surface area contributed by atoms with Crippen LogP contribution in [0.1, 0.15) is 28.9 Å². The zero-order valence-corrected chi connectivity index (χ0v) is 14.7. The maximum absolute atomic E-state index is 13.8. The Morgan fingerprint density at radius 1 is 1.31 bits per heavy atom. The molecule has 0 radical (unpaired) electrons. The zero-order chi connectivity index (χ0) is 18.4. The first kappa shape index (κ1) is 17.0. The summed E-state index contributed by atoms with van der Waals surface area (Å²) in [5.41, 5.74) is 2.72. The number of fused-ring (bicyclic) bond motifs is 3. The van der Waals surface area contributed by atoms with Gasteiger partial charge in [-0.25, -0.2) is 4.39 Å². The molecule has 2 atom stereocenters. The van der Waals surface area contributed by atoms with E-state index in [1.54, 1.807) is 22.8 Å². The van der Waals surface area contributed by atoms with Gasteiger partial charge in [0, 0.05) is 16.7 Å². The number of hydrogen-bond donors (Lipinski definition) is 1. The molecule has 1 heterocycles. The number of carboxylic acids is 1. The van der Waals surface area contributed by atoms with E-state index >= 15 is 0 Å². The predicted molar refractivity (Wildman–Crippen MR) is 97.2 cm³/mol. The number of allylic oxidation sites excluding steroid dienone is 4. The molecule has 2 aliphatic rings. The monoisotopic (exact) mass is 373 g/mol. The average molecular weight is 374 g/mol. The number of carbonyl (C=O) groups is 2. The third-order valence-corrected chi connectivity index (χ3v) is 5.49. The molecule has 6 heteroatoms. The summed E-state index contributed by atoms with van der Waals surface area (Å²) >= 11 is 6.04. The van der Waals surface area contributed by atoms with Gasteiger partial charge < -0.3 is 5.11 Å². The Morgan fingerprint density at radius 3 is 2.81 bits per heavy atom. The lowest BCUT2D eigenvalue weighted by molar-refractivity contribution is -0.142. The summed E-state index contributed by atoms with van der Waals surface area (Å²) in [5, 5.41) is 9.86. The van der Waals surface area contributed by atoms with Crippen LogP contribution >= 0.6 is 11.6 Å². The number of alkyl halides is 1. The summed E-state index contributed by atoms with van der Waals surface area (Å²) in [4.78, 5) is 24.6. The Labute approximate surface area is 154 Å². The molecule has 0 bridgehead atoms. The zero-order valence-electron chi connectivity index (χ0n) is 13.9. The quantitative estimate of drug-likeness (QED) is 0.806. The van der Waals surface area contributed by atoms with Crippen LogP contribution in [0, 0.1) is 11.7 Å². The van der Waals surface area contributed by atoms with E-state index in [4.69, 9.17) is 11.6 Å². The number of carbonyl (C=O) groups excluding carboxylic acids is 1. The van der Waals surface area contributed by atoms with Crippen LogP contribution in [0.15, 0.2) is 42.0 Å². The van der Waals surface area contributed by atoms with E-state index in [1.807, 2.05) is 6.08 Å². The highest BCUT2D eigenvalue weighted by molar-refractivity contribution is 6.22. The molecule has 4 rings (SSSR count). The third-order valence-electron chi connectivity index (χ3n) is 5.17. The molecule has 0 spiro atoms. The average Bonchev–Trinajstić information content (AvgIpc) is 2.94.